The van der Waals surface area contributed by atoms with Crippen molar-refractivity contribution in [2.24, 2.45) is 0 Å². The lowest BCUT2D eigenvalue weighted by atomic mass is 10.1. The number of hydrogen-bond acceptors (Lipinski definition) is 5. The molecule has 3 rings (SSSR count). The van der Waals surface area contributed by atoms with E-state index in [1.165, 1.54) is 18.4 Å². The molecule has 1 saturated heterocycles. The van der Waals surface area contributed by atoms with Gasteiger partial charge in [0.25, 0.3) is 0 Å². The van der Waals surface area contributed by atoms with E-state index < -0.39 is 0 Å². The Morgan fingerprint density at radius 2 is 1.80 bits per heavy atom. The van der Waals surface area contributed by atoms with Crippen LogP contribution in [0.5, 0.6) is 0 Å². The molecule has 0 saturated carbocycles. The Balaban J connectivity index is 2.06. The summed E-state index contributed by atoms with van der Waals surface area (Å²) in [6.07, 6.45) is 2.42. The van der Waals surface area contributed by atoms with Crippen LogP contribution in [0.4, 0.5) is 11.9 Å². The molecule has 104 valence electrons. The van der Waals surface area contributed by atoms with Gasteiger partial charge in [0.15, 0.2) is 5.82 Å². The Bertz CT molecular complexity index is 605. The van der Waals surface area contributed by atoms with Crippen molar-refractivity contribution in [2.75, 3.05) is 30.4 Å². The van der Waals surface area contributed by atoms with Gasteiger partial charge in [0.1, 0.15) is 0 Å². The van der Waals surface area contributed by atoms with Crippen molar-refractivity contribution in [3.05, 3.63) is 29.8 Å². The summed E-state index contributed by atoms with van der Waals surface area (Å²) in [4.78, 5) is 15.9. The molecule has 0 unspecified atom stereocenters. The van der Waals surface area contributed by atoms with Crippen LogP contribution in [0.25, 0.3) is 11.4 Å². The molecule has 1 N–H and O–H groups in total. The normalized spacial score (nSPS) is 14.6. The average molecular weight is 269 g/mol. The second-order valence-electron chi connectivity index (χ2n) is 5.04. The van der Waals surface area contributed by atoms with Gasteiger partial charge in [-0.05, 0) is 25.3 Å². The first-order valence-corrected chi connectivity index (χ1v) is 7.03. The van der Waals surface area contributed by atoms with Gasteiger partial charge in [0, 0.05) is 25.7 Å². The summed E-state index contributed by atoms with van der Waals surface area (Å²) in [7, 11) is 1.84. The third kappa shape index (κ3) is 2.43. The van der Waals surface area contributed by atoms with Crippen LogP contribution in [-0.2, 0) is 0 Å². The lowest BCUT2D eigenvalue weighted by Crippen LogP contribution is -2.21. The highest BCUT2D eigenvalue weighted by Crippen LogP contribution is 2.24. The summed E-state index contributed by atoms with van der Waals surface area (Å²) < 4.78 is 0. The van der Waals surface area contributed by atoms with Crippen LogP contribution in [0.2, 0.25) is 0 Å². The Morgan fingerprint density at radius 1 is 1.05 bits per heavy atom. The number of aryl methyl sites for hydroxylation is 1. The fraction of sp³-hybridized carbons (Fsp3) is 0.400. The van der Waals surface area contributed by atoms with Crippen LogP contribution in [0.3, 0.4) is 0 Å². The monoisotopic (exact) mass is 269 g/mol. The SMILES string of the molecule is CNc1nc(-c2ccccc2C)nc(N2CCCC2)n1. The summed E-state index contributed by atoms with van der Waals surface area (Å²) in [5, 5.41) is 3.03. The van der Waals surface area contributed by atoms with Gasteiger partial charge in [-0.1, -0.05) is 24.3 Å². The van der Waals surface area contributed by atoms with Crippen LogP contribution in [0, 0.1) is 6.92 Å². The molecule has 0 atom stereocenters. The van der Waals surface area contributed by atoms with Gasteiger partial charge < -0.3 is 10.2 Å². The fourth-order valence-corrected chi connectivity index (χ4v) is 2.48. The van der Waals surface area contributed by atoms with Crippen LogP contribution in [0.1, 0.15) is 18.4 Å². The molecule has 0 bridgehead atoms. The number of aromatic nitrogens is 3. The molecule has 5 nitrogen and oxygen atoms in total. The topological polar surface area (TPSA) is 53.9 Å². The molecule has 0 amide bonds. The van der Waals surface area contributed by atoms with E-state index >= 15 is 0 Å². The minimum atomic E-state index is 0.625. The first kappa shape index (κ1) is 12.8. The van der Waals surface area contributed by atoms with Gasteiger partial charge in [0.2, 0.25) is 11.9 Å². The molecule has 1 aromatic heterocycles. The summed E-state index contributed by atoms with van der Waals surface area (Å²) in [6.45, 7) is 4.13. The Hall–Kier alpha value is -2.17. The fourth-order valence-electron chi connectivity index (χ4n) is 2.48. The van der Waals surface area contributed by atoms with E-state index in [2.05, 4.69) is 44.2 Å². The van der Waals surface area contributed by atoms with Gasteiger partial charge in [-0.2, -0.15) is 15.0 Å². The van der Waals surface area contributed by atoms with E-state index in [4.69, 9.17) is 0 Å². The van der Waals surface area contributed by atoms with E-state index in [1.807, 2.05) is 19.2 Å². The van der Waals surface area contributed by atoms with Gasteiger partial charge in [-0.15, -0.1) is 0 Å². The Morgan fingerprint density at radius 3 is 2.50 bits per heavy atom. The summed E-state index contributed by atoms with van der Waals surface area (Å²) in [5.74, 6) is 2.14. The minimum absolute atomic E-state index is 0.625. The largest absolute Gasteiger partial charge is 0.357 e. The summed E-state index contributed by atoms with van der Waals surface area (Å²) in [5.41, 5.74) is 2.24. The lowest BCUT2D eigenvalue weighted by Gasteiger charge is -2.16. The third-order valence-electron chi connectivity index (χ3n) is 3.62. The molecule has 5 heteroatoms. The molecule has 0 radical (unpaired) electrons. The Kier molecular flexibility index (Phi) is 3.50. The van der Waals surface area contributed by atoms with E-state index in [-0.39, 0.29) is 0 Å². The number of rotatable bonds is 3. The zero-order valence-corrected chi connectivity index (χ0v) is 11.9. The van der Waals surface area contributed by atoms with E-state index in [0.717, 1.165) is 30.4 Å². The third-order valence-corrected chi connectivity index (χ3v) is 3.62. The van der Waals surface area contributed by atoms with Gasteiger partial charge >= 0.3 is 0 Å². The van der Waals surface area contributed by atoms with E-state index in [0.29, 0.717) is 5.95 Å². The van der Waals surface area contributed by atoms with E-state index in [1.54, 1.807) is 0 Å². The smallest absolute Gasteiger partial charge is 0.230 e. The standard InChI is InChI=1S/C15H19N5/c1-11-7-3-4-8-12(11)13-17-14(16-2)19-15(18-13)20-9-5-6-10-20/h3-4,7-8H,5-6,9-10H2,1-2H3,(H,16,17,18,19). The first-order valence-electron chi connectivity index (χ1n) is 7.03. The highest BCUT2D eigenvalue weighted by molar-refractivity contribution is 5.62. The maximum absolute atomic E-state index is 4.66. The lowest BCUT2D eigenvalue weighted by molar-refractivity contribution is 0.884. The highest BCUT2D eigenvalue weighted by atomic mass is 15.3. The maximum Gasteiger partial charge on any atom is 0.230 e. The molecule has 1 fully saturated rings. The van der Waals surface area contributed by atoms with Gasteiger partial charge in [-0.3, -0.25) is 0 Å². The van der Waals surface area contributed by atoms with Gasteiger partial charge in [-0.25, -0.2) is 0 Å². The number of anilines is 2. The number of nitrogens with one attached hydrogen (secondary N) is 1. The molecule has 1 aliphatic rings. The van der Waals surface area contributed by atoms with Crippen molar-refractivity contribution in [1.82, 2.24) is 15.0 Å². The van der Waals surface area contributed by atoms with Crippen LogP contribution >= 0.6 is 0 Å². The molecule has 1 aliphatic heterocycles. The predicted octanol–water partition coefficient (Wildman–Crippen LogP) is 2.49. The van der Waals surface area contributed by atoms with E-state index in [9.17, 15) is 0 Å². The molecular weight excluding hydrogens is 250 g/mol. The maximum atomic E-state index is 4.66. The second kappa shape index (κ2) is 5.45. The zero-order valence-electron chi connectivity index (χ0n) is 11.9. The predicted molar refractivity (Wildman–Crippen MR) is 81.0 cm³/mol. The molecule has 1 aromatic carbocycles. The van der Waals surface area contributed by atoms with Crippen molar-refractivity contribution < 1.29 is 0 Å². The first-order chi connectivity index (χ1) is 9.78. The number of benzene rings is 1. The number of nitrogens with zero attached hydrogens (tertiary/aromatic N) is 4. The van der Waals surface area contributed by atoms with Crippen molar-refractivity contribution >= 4 is 11.9 Å². The van der Waals surface area contributed by atoms with Crippen molar-refractivity contribution in [3.63, 3.8) is 0 Å². The molecule has 0 aliphatic carbocycles. The van der Waals surface area contributed by atoms with Crippen molar-refractivity contribution in [1.29, 1.82) is 0 Å². The van der Waals surface area contributed by atoms with Crippen LogP contribution < -0.4 is 10.2 Å². The molecular formula is C15H19N5. The molecule has 20 heavy (non-hydrogen) atoms. The summed E-state index contributed by atoms with van der Waals surface area (Å²) >= 11 is 0. The average Bonchev–Trinajstić information content (AvgIpc) is 3.01. The minimum Gasteiger partial charge on any atom is -0.357 e. The van der Waals surface area contributed by atoms with Crippen LogP contribution in [-0.4, -0.2) is 35.1 Å². The van der Waals surface area contributed by atoms with Crippen molar-refractivity contribution in [3.8, 4) is 11.4 Å². The zero-order chi connectivity index (χ0) is 13.9. The van der Waals surface area contributed by atoms with Crippen molar-refractivity contribution in [2.45, 2.75) is 19.8 Å². The number of hydrogen-bond donors (Lipinski definition) is 1. The highest BCUT2D eigenvalue weighted by Gasteiger charge is 2.18. The van der Waals surface area contributed by atoms with Gasteiger partial charge in [0.05, 0.1) is 0 Å². The Labute approximate surface area is 119 Å². The quantitative estimate of drug-likeness (QED) is 0.927. The summed E-state index contributed by atoms with van der Waals surface area (Å²) in [6, 6.07) is 8.17. The molecule has 2 aromatic rings. The molecule has 0 spiro atoms. The molecule has 2 heterocycles. The van der Waals surface area contributed by atoms with Crippen LogP contribution in [0.15, 0.2) is 24.3 Å². The second-order valence-corrected chi connectivity index (χ2v) is 5.04.